The topological polar surface area (TPSA) is 13.0 Å². The zero-order valence-electron chi connectivity index (χ0n) is 28.3. The molecule has 2 atom stereocenters. The molecule has 18 heteroatoms. The van der Waals surface area contributed by atoms with E-state index in [1.165, 1.54) is 63.5 Å². The van der Waals surface area contributed by atoms with Crippen LogP contribution >= 0.6 is 0 Å². The second-order valence-corrected chi connectivity index (χ2v) is 9.25. The summed E-state index contributed by atoms with van der Waals surface area (Å²) in [7, 11) is 8.38. The molecule has 4 rings (SSSR count). The minimum atomic E-state index is 0. The van der Waals surface area contributed by atoms with Crippen LogP contribution in [-0.4, -0.2) is 47.8 Å². The molecule has 0 aliphatic carbocycles. The van der Waals surface area contributed by atoms with Crippen molar-refractivity contribution in [1.82, 2.24) is 19.6 Å². The first-order valence-corrected chi connectivity index (χ1v) is 11.8. The molecule has 0 spiro atoms. The van der Waals surface area contributed by atoms with Crippen LogP contribution < -0.4 is 0 Å². The second kappa shape index (κ2) is 59.6. The Hall–Kier alpha value is -0.861. The molecular formula is C28H56N4Re8Rf6-8. The standard InChI is InChI=1S/2C7H13N.2C6H11N.2CH4.8Re.6Rf/c1-7-4-3-5-8(2)6-7;1-7-5-3-4-6-8(7)2;1-6-3-4-7(2)5-6;1-6-4-3-5-7(6)2;;;;;;;;;;;;;;;;/h5-7H,3-4H2,1-2H3;6H,3-5H2,1-2H3;4-6H,3H2,1-2H3;5H,3-4H2,1-2H3;2*1H4;;;;;;;;;;;;;;/q4*-2;;;;;;;;;;;;;;;;. The van der Waals surface area contributed by atoms with Crippen LogP contribution in [0.4, 0.5) is 0 Å². The summed E-state index contributed by atoms with van der Waals surface area (Å²) in [5.74, 6) is 1.55. The molecule has 0 saturated carbocycles. The Morgan fingerprint density at radius 3 is 1.04 bits per heavy atom. The summed E-state index contributed by atoms with van der Waals surface area (Å²) < 4.78 is 0. The van der Waals surface area contributed by atoms with Gasteiger partial charge in [0.25, 0.3) is 0 Å². The van der Waals surface area contributed by atoms with Crippen molar-refractivity contribution in [3.8, 4) is 0 Å². The molecule has 0 aromatic carbocycles. The molecule has 0 amide bonds. The fourth-order valence-electron chi connectivity index (χ4n) is 3.71. The van der Waals surface area contributed by atoms with Gasteiger partial charge in [0, 0.05) is 163 Å². The number of piperidine rings is 2. The first-order valence-electron chi connectivity index (χ1n) is 11.8. The summed E-state index contributed by atoms with van der Waals surface area (Å²) >= 11 is 0. The molecule has 0 aromatic rings. The van der Waals surface area contributed by atoms with Gasteiger partial charge in [-0.2, -0.15) is 64.2 Å². The number of hydrogen-bond donors (Lipinski definition) is 0. The fourth-order valence-corrected chi connectivity index (χ4v) is 3.71. The maximum Gasteiger partial charge on any atom is 0 e. The van der Waals surface area contributed by atoms with E-state index in [2.05, 4.69) is 115 Å². The Morgan fingerprint density at radius 1 is 0.500 bits per heavy atom. The molecular weight excluding hydrogens is 3480 g/mol. The van der Waals surface area contributed by atoms with Gasteiger partial charge < -0.3 is 45.8 Å². The van der Waals surface area contributed by atoms with E-state index < -0.39 is 0 Å². The SMILES string of the molecule is C.C.CC1[CH-]N(C)[CH-]C1.CC1[CH-]N(C)[CH-]CC1.C[C-]1CCC[CH-]N1C.C[C-]1CC[CH-]N1C.[Re].[Re].[Re].[Re].[Re].[Re].[Re].[Re].[Rf].[Rf].[Rf].[Rf].[Rf].[Rf]. The van der Waals surface area contributed by atoms with Crippen molar-refractivity contribution in [2.45, 2.75) is 93.9 Å². The van der Waals surface area contributed by atoms with Crippen LogP contribution in [0.25, 0.3) is 0 Å². The van der Waals surface area contributed by atoms with E-state index in [4.69, 9.17) is 0 Å². The van der Waals surface area contributed by atoms with Crippen LogP contribution in [-0.2, 0) is 163 Å². The van der Waals surface area contributed by atoms with Gasteiger partial charge in [-0.1, -0.05) is 56.9 Å². The van der Waals surface area contributed by atoms with Crippen LogP contribution in [0.2, 0.25) is 0 Å². The molecule has 0 bridgehead atoms. The minimum Gasteiger partial charge on any atom is -0.608 e. The normalized spacial score (nSPS) is 19.6. The molecule has 46 heavy (non-hydrogen) atoms. The molecule has 0 N–H and O–H groups in total. The molecule has 0 aromatic heterocycles. The van der Waals surface area contributed by atoms with E-state index >= 15 is 0 Å². The molecule has 4 aliphatic rings. The van der Waals surface area contributed by atoms with Crippen molar-refractivity contribution in [3.63, 3.8) is 0 Å². The quantitative estimate of drug-likeness (QED) is 0.234. The number of hydrogen-bond acceptors (Lipinski definition) is 4. The van der Waals surface area contributed by atoms with Gasteiger partial charge >= 0.3 is 0 Å². The number of rotatable bonds is 0. The van der Waals surface area contributed by atoms with E-state index in [0.29, 0.717) is 0 Å². The predicted octanol–water partition coefficient (Wildman–Crippen LogP) is 7.45. The van der Waals surface area contributed by atoms with Crippen molar-refractivity contribution in [1.29, 1.82) is 0 Å². The number of nitrogens with zero attached hydrogens (tertiary/aromatic N) is 4. The summed E-state index contributed by atoms with van der Waals surface area (Å²) in [5, 5.41) is 0. The molecule has 4 saturated heterocycles. The Labute approximate surface area is 363 Å². The van der Waals surface area contributed by atoms with Crippen molar-refractivity contribution < 1.29 is 163 Å². The maximum atomic E-state index is 2.25. The van der Waals surface area contributed by atoms with Crippen molar-refractivity contribution in [2.24, 2.45) is 11.8 Å². The molecule has 4 fully saturated rings. The second-order valence-electron chi connectivity index (χ2n) is 9.25. The van der Waals surface area contributed by atoms with Gasteiger partial charge in [0.15, 0.2) is 0 Å². The van der Waals surface area contributed by atoms with Gasteiger partial charge in [0.2, 0.25) is 0 Å². The molecule has 4 nitrogen and oxygen atoms in total. The molecule has 4 heterocycles. The van der Waals surface area contributed by atoms with Gasteiger partial charge in [-0.3, -0.25) is 25.2 Å². The zero-order chi connectivity index (χ0) is 22.5. The summed E-state index contributed by atoms with van der Waals surface area (Å²) in [6.45, 7) is 22.2. The van der Waals surface area contributed by atoms with Crippen molar-refractivity contribution in [2.75, 3.05) is 28.2 Å². The van der Waals surface area contributed by atoms with Crippen LogP contribution in [0.3, 0.4) is 0 Å². The zero-order valence-corrected chi connectivity index (χ0v) is 88.5. The average Bonchev–Trinajstić information content (AvgIpc) is 3.26. The largest absolute Gasteiger partial charge is 0.608 e. The van der Waals surface area contributed by atoms with Crippen LogP contribution in [0.5, 0.6) is 0 Å². The monoisotopic (exact) mass is 3550 g/mol. The number of likely N-dealkylation sites (tertiary alicyclic amines) is 4. The van der Waals surface area contributed by atoms with E-state index in [1.807, 2.05) is 0 Å². The van der Waals surface area contributed by atoms with E-state index in [9.17, 15) is 0 Å². The van der Waals surface area contributed by atoms with Gasteiger partial charge in [-0.05, 0) is 0 Å². The Kier molecular flexibility index (Phi) is 134. The fraction of sp³-hybridized carbons (Fsp3) is 0.714. The molecule has 4 aliphatic heterocycles. The maximum absolute atomic E-state index is 2.25. The third kappa shape index (κ3) is 50.0. The van der Waals surface area contributed by atoms with Gasteiger partial charge in [0.05, 0.1) is 0 Å². The van der Waals surface area contributed by atoms with Crippen LogP contribution in [0.1, 0.15) is 93.9 Å². The predicted molar refractivity (Wildman–Crippen MR) is 143 cm³/mol. The molecule has 2 unspecified atom stereocenters. The third-order valence-electron chi connectivity index (χ3n) is 6.04. The summed E-state index contributed by atoms with van der Waals surface area (Å²) in [5.41, 5.74) is 0. The first-order chi connectivity index (χ1) is 14.2. The van der Waals surface area contributed by atoms with E-state index in [1.54, 1.807) is 0 Å². The Balaban J connectivity index is -0.0000000167. The molecule has 8 radical (unpaired) electrons. The van der Waals surface area contributed by atoms with Crippen molar-refractivity contribution in [3.05, 3.63) is 51.4 Å². The summed E-state index contributed by atoms with van der Waals surface area (Å²) in [6.07, 6.45) is 10.2. The summed E-state index contributed by atoms with van der Waals surface area (Å²) in [6, 6.07) is 2.98. The van der Waals surface area contributed by atoms with Gasteiger partial charge in [-0.25, -0.2) is 0 Å². The average molecular weight is 3540 g/mol. The minimum absolute atomic E-state index is 0. The van der Waals surface area contributed by atoms with E-state index in [0.717, 1.165) is 11.8 Å². The van der Waals surface area contributed by atoms with Crippen LogP contribution in [0, 0.1) is 63.2 Å². The van der Waals surface area contributed by atoms with Crippen LogP contribution in [0.15, 0.2) is 0 Å². The van der Waals surface area contributed by atoms with Gasteiger partial charge in [0.1, 0.15) is 0 Å². The Morgan fingerprint density at radius 2 is 0.870 bits per heavy atom. The van der Waals surface area contributed by atoms with E-state index in [-0.39, 0.29) is 178 Å². The third-order valence-corrected chi connectivity index (χ3v) is 6.04. The van der Waals surface area contributed by atoms with Crippen molar-refractivity contribution >= 4 is 0 Å². The smallest absolute Gasteiger partial charge is 0 e. The Bertz CT molecular complexity index is 437. The molecule has 264 valence electrons. The van der Waals surface area contributed by atoms with Gasteiger partial charge in [-0.15, -0.1) is 12.8 Å². The summed E-state index contributed by atoms with van der Waals surface area (Å²) in [4.78, 5) is 8.71. The first kappa shape index (κ1) is 104.